The minimum absolute atomic E-state index is 0.0876. The zero-order chi connectivity index (χ0) is 68.6. The normalized spacial score (nSPS) is 12.9. The molecule has 2 aliphatic heterocycles. The number of anilines is 6. The zero-order valence-corrected chi connectivity index (χ0v) is 58.9. The smallest absolute Gasteiger partial charge is 0.252 e. The van der Waals surface area contributed by atoms with E-state index in [0.717, 1.165) is 95.5 Å². The first-order valence-electron chi connectivity index (χ1n) is 35.8. The Bertz CT molecular complexity index is 5800. The van der Waals surface area contributed by atoms with Gasteiger partial charge < -0.3 is 18.9 Å². The number of aromatic nitrogens is 2. The van der Waals surface area contributed by atoms with Crippen LogP contribution in [0.5, 0.6) is 0 Å². The molecule has 0 bridgehead atoms. The van der Waals surface area contributed by atoms with E-state index in [0.29, 0.717) is 0 Å². The number of para-hydroxylation sites is 5. The molecule has 101 heavy (non-hydrogen) atoms. The van der Waals surface area contributed by atoms with Gasteiger partial charge in [-0.2, -0.15) is 0 Å². The molecule has 0 unspecified atom stereocenters. The number of hydrogen-bond donors (Lipinski definition) is 0. The van der Waals surface area contributed by atoms with Gasteiger partial charge in [-0.1, -0.05) is 323 Å². The van der Waals surface area contributed by atoms with Gasteiger partial charge in [-0.3, -0.25) is 0 Å². The molecular formula is C96H79BN4. The lowest BCUT2D eigenvalue weighted by Crippen LogP contribution is -2.61. The highest BCUT2D eigenvalue weighted by atomic mass is 15.2. The Kier molecular flexibility index (Phi) is 14.3. The van der Waals surface area contributed by atoms with Crippen LogP contribution in [0, 0.1) is 0 Å². The van der Waals surface area contributed by atoms with E-state index in [4.69, 9.17) is 0 Å². The Morgan fingerprint density at radius 3 is 1.04 bits per heavy atom. The lowest BCUT2D eigenvalue weighted by molar-refractivity contribution is 0.569. The van der Waals surface area contributed by atoms with Gasteiger partial charge in [-0.15, -0.1) is 0 Å². The van der Waals surface area contributed by atoms with Crippen molar-refractivity contribution in [3.05, 3.63) is 332 Å². The van der Waals surface area contributed by atoms with Gasteiger partial charge in [-0.25, -0.2) is 0 Å². The Balaban J connectivity index is 1.01. The fourth-order valence-electron chi connectivity index (χ4n) is 16.5. The molecule has 0 fully saturated rings. The highest BCUT2D eigenvalue weighted by Crippen LogP contribution is 2.55. The van der Waals surface area contributed by atoms with Gasteiger partial charge in [0.2, 0.25) is 0 Å². The third kappa shape index (κ3) is 10.1. The van der Waals surface area contributed by atoms with Crippen LogP contribution in [-0.2, 0) is 16.2 Å². The maximum Gasteiger partial charge on any atom is 0.252 e. The van der Waals surface area contributed by atoms with E-state index in [1.807, 2.05) is 0 Å². The second kappa shape index (κ2) is 23.5. The highest BCUT2D eigenvalue weighted by Gasteiger charge is 2.46. The van der Waals surface area contributed by atoms with Crippen LogP contribution in [0.1, 0.15) is 79.0 Å². The molecule has 486 valence electrons. The van der Waals surface area contributed by atoms with Gasteiger partial charge >= 0.3 is 0 Å². The molecule has 2 aromatic heterocycles. The predicted molar refractivity (Wildman–Crippen MR) is 432 cm³/mol. The molecule has 2 aliphatic rings. The Hall–Kier alpha value is -11.7. The van der Waals surface area contributed by atoms with E-state index in [1.54, 1.807) is 0 Å². The topological polar surface area (TPSA) is 16.3 Å². The van der Waals surface area contributed by atoms with Crippen molar-refractivity contribution in [3.8, 4) is 67.0 Å². The van der Waals surface area contributed by atoms with Crippen molar-refractivity contribution in [2.24, 2.45) is 0 Å². The Morgan fingerprint density at radius 2 is 0.614 bits per heavy atom. The summed E-state index contributed by atoms with van der Waals surface area (Å²) in [7, 11) is 0. The fourth-order valence-corrected chi connectivity index (χ4v) is 16.5. The molecule has 5 heteroatoms. The predicted octanol–water partition coefficient (Wildman–Crippen LogP) is 24.2. The van der Waals surface area contributed by atoms with Crippen LogP contribution in [0.2, 0.25) is 0 Å². The number of rotatable bonds is 9. The van der Waals surface area contributed by atoms with Gasteiger partial charge in [0.05, 0.1) is 33.4 Å². The third-order valence-corrected chi connectivity index (χ3v) is 21.5. The van der Waals surface area contributed by atoms with Crippen LogP contribution in [0.25, 0.3) is 111 Å². The largest absolute Gasteiger partial charge is 0.310 e. The van der Waals surface area contributed by atoms with E-state index in [1.165, 1.54) is 82.3 Å². The molecule has 0 spiro atoms. The molecule has 16 aromatic rings. The molecule has 0 atom stereocenters. The molecule has 4 nitrogen and oxygen atoms in total. The van der Waals surface area contributed by atoms with Gasteiger partial charge in [0.25, 0.3) is 6.71 Å². The lowest BCUT2D eigenvalue weighted by atomic mass is 9.33. The molecular weight excluding hydrogens is 1220 g/mol. The summed E-state index contributed by atoms with van der Waals surface area (Å²) in [6.07, 6.45) is 0. The van der Waals surface area contributed by atoms with Gasteiger partial charge in [0.15, 0.2) is 0 Å². The van der Waals surface area contributed by atoms with E-state index >= 15 is 0 Å². The molecule has 0 saturated heterocycles. The average Bonchev–Trinajstić information content (AvgIpc) is 1.03. The summed E-state index contributed by atoms with van der Waals surface area (Å²) in [6, 6.07) is 119. The van der Waals surface area contributed by atoms with Crippen LogP contribution in [0.4, 0.5) is 34.1 Å². The third-order valence-electron chi connectivity index (χ3n) is 21.5. The van der Waals surface area contributed by atoms with Crippen molar-refractivity contribution in [2.45, 2.75) is 78.6 Å². The molecule has 0 aliphatic carbocycles. The van der Waals surface area contributed by atoms with Crippen LogP contribution >= 0.6 is 0 Å². The first kappa shape index (κ1) is 61.7. The van der Waals surface area contributed by atoms with Gasteiger partial charge in [-0.05, 0) is 137 Å². The van der Waals surface area contributed by atoms with E-state index < -0.39 is 0 Å². The molecule has 0 saturated carbocycles. The summed E-state index contributed by atoms with van der Waals surface area (Å²) in [5.41, 5.74) is 32.5. The van der Waals surface area contributed by atoms with Crippen molar-refractivity contribution in [3.63, 3.8) is 0 Å². The van der Waals surface area contributed by atoms with Crippen LogP contribution < -0.4 is 26.2 Å². The van der Waals surface area contributed by atoms with Crippen LogP contribution in [0.3, 0.4) is 0 Å². The number of fused-ring (bicyclic) bond motifs is 11. The number of benzene rings is 14. The van der Waals surface area contributed by atoms with Crippen LogP contribution in [-0.4, -0.2) is 15.8 Å². The SMILES string of the molecule is CC(C)(C)c1cc(-c2ccc3c(c2)N(c2c(-c4ccccc4)cccc2-c2ccccc2)c2cc(C(C)(C)C)cc4c2B3c2ccc(-n3c5ccccc5c5ccc6c7ccccc7n(-c7ccccc7)c6c53)cc2N4c2c(-c3ccccc3)cccc2-c2ccccc2)cc(C(C)(C)C)c1. The van der Waals surface area contributed by atoms with Crippen molar-refractivity contribution >= 4 is 101 Å². The number of nitrogens with zero attached hydrogens (tertiary/aromatic N) is 4. The Labute approximate surface area is 593 Å². The summed E-state index contributed by atoms with van der Waals surface area (Å²) in [5.74, 6) is 0. The van der Waals surface area contributed by atoms with Crippen molar-refractivity contribution < 1.29 is 0 Å². The molecule has 18 rings (SSSR count). The maximum atomic E-state index is 2.71. The summed E-state index contributed by atoms with van der Waals surface area (Å²) in [4.78, 5) is 5.42. The average molecular weight is 1300 g/mol. The summed E-state index contributed by atoms with van der Waals surface area (Å²) >= 11 is 0. The first-order valence-corrected chi connectivity index (χ1v) is 35.8. The first-order chi connectivity index (χ1) is 49.0. The second-order valence-corrected chi connectivity index (χ2v) is 30.9. The van der Waals surface area contributed by atoms with Gasteiger partial charge in [0, 0.05) is 77.9 Å². The monoisotopic (exact) mass is 1300 g/mol. The summed E-state index contributed by atoms with van der Waals surface area (Å²) in [6.45, 7) is 21.1. The lowest BCUT2D eigenvalue weighted by Gasteiger charge is -2.46. The van der Waals surface area contributed by atoms with E-state index in [-0.39, 0.29) is 23.0 Å². The maximum absolute atomic E-state index is 2.71. The Morgan fingerprint density at radius 1 is 0.248 bits per heavy atom. The minimum atomic E-state index is -0.312. The van der Waals surface area contributed by atoms with Crippen molar-refractivity contribution in [1.29, 1.82) is 0 Å². The zero-order valence-electron chi connectivity index (χ0n) is 58.9. The number of hydrogen-bond acceptors (Lipinski definition) is 2. The summed E-state index contributed by atoms with van der Waals surface area (Å²) < 4.78 is 5.09. The van der Waals surface area contributed by atoms with Gasteiger partial charge in [0.1, 0.15) is 0 Å². The fraction of sp³-hybridized carbons (Fsp3) is 0.125. The molecule has 0 amide bonds. The minimum Gasteiger partial charge on any atom is -0.310 e. The van der Waals surface area contributed by atoms with Crippen molar-refractivity contribution in [2.75, 3.05) is 9.80 Å². The molecule has 14 aromatic carbocycles. The standard InChI is InChI=1S/C96H79BN4/c1-94(2,3)68-55-67(56-69(58-68)95(4,5)6)66-49-53-81-85(57-66)100(90-73(62-31-15-10-16-32-62)43-29-44-74(90)63-33-17-11-18-34-63)87-59-70(96(7,8)9)60-88-89(87)97(81)82-54-50-72(61-86(82)101(88)91-75(64-35-19-12-20-36-64)45-30-46-76(91)65-37-21-13-22-38-65)99-84-48-28-26-42-78(84)80-52-51-79-77-41-25-27-47-83(77)98(92(79)93(80)99)71-39-23-14-24-40-71/h10-61H,1-9H3. The molecule has 0 radical (unpaired) electrons. The second-order valence-electron chi connectivity index (χ2n) is 30.9. The highest BCUT2D eigenvalue weighted by molar-refractivity contribution is 7.00. The van der Waals surface area contributed by atoms with Crippen LogP contribution in [0.15, 0.2) is 315 Å². The summed E-state index contributed by atoms with van der Waals surface area (Å²) in [5, 5.41) is 4.85. The van der Waals surface area contributed by atoms with E-state index in [2.05, 4.69) is 397 Å². The quantitative estimate of drug-likeness (QED) is 0.134. The van der Waals surface area contributed by atoms with Crippen molar-refractivity contribution in [1.82, 2.24) is 9.13 Å². The molecule has 0 N–H and O–H groups in total. The molecule has 4 heterocycles. The van der Waals surface area contributed by atoms with E-state index in [9.17, 15) is 0 Å².